The predicted molar refractivity (Wildman–Crippen MR) is 83.5 cm³/mol. The number of carbonyl (C=O) groups is 1. The molecule has 1 aromatic rings. The molecule has 20 heavy (non-hydrogen) atoms. The van der Waals surface area contributed by atoms with Crippen LogP contribution in [0.2, 0.25) is 10.0 Å². The molecule has 0 radical (unpaired) electrons. The monoisotopic (exact) mass is 315 g/mol. The molecular weight excluding hydrogens is 297 g/mol. The van der Waals surface area contributed by atoms with E-state index in [1.165, 1.54) is 12.8 Å². The Morgan fingerprint density at radius 3 is 2.60 bits per heavy atom. The van der Waals surface area contributed by atoms with Gasteiger partial charge in [0.1, 0.15) is 0 Å². The van der Waals surface area contributed by atoms with Crippen LogP contribution in [-0.4, -0.2) is 48.9 Å². The van der Waals surface area contributed by atoms with E-state index in [4.69, 9.17) is 28.9 Å². The lowest BCUT2D eigenvalue weighted by Crippen LogP contribution is -2.35. The molecule has 1 aliphatic rings. The number of nitrogen functional groups attached to an aromatic ring is 1. The highest BCUT2D eigenvalue weighted by molar-refractivity contribution is 6.43. The molecule has 0 aliphatic carbocycles. The molecular formula is C14H19Cl2N3O. The Hall–Kier alpha value is -0.970. The Bertz CT molecular complexity index is 478. The molecule has 0 aromatic heterocycles. The third kappa shape index (κ3) is 3.57. The molecule has 0 saturated carbocycles. The van der Waals surface area contributed by atoms with E-state index in [1.54, 1.807) is 24.1 Å². The number of anilines is 1. The van der Waals surface area contributed by atoms with Gasteiger partial charge in [0.25, 0.3) is 5.91 Å². The smallest absolute Gasteiger partial charge is 0.253 e. The lowest BCUT2D eigenvalue weighted by atomic mass is 10.2. The minimum Gasteiger partial charge on any atom is -0.397 e. The van der Waals surface area contributed by atoms with Gasteiger partial charge in [-0.15, -0.1) is 0 Å². The van der Waals surface area contributed by atoms with Gasteiger partial charge in [0, 0.05) is 25.7 Å². The number of likely N-dealkylation sites (tertiary alicyclic amines) is 1. The molecule has 0 spiro atoms. The van der Waals surface area contributed by atoms with Crippen LogP contribution >= 0.6 is 23.2 Å². The van der Waals surface area contributed by atoms with Crippen molar-refractivity contribution in [2.45, 2.75) is 12.8 Å². The molecule has 6 heteroatoms. The summed E-state index contributed by atoms with van der Waals surface area (Å²) in [5.74, 6) is -0.0885. The van der Waals surface area contributed by atoms with E-state index in [-0.39, 0.29) is 5.91 Å². The summed E-state index contributed by atoms with van der Waals surface area (Å²) in [7, 11) is 1.79. The van der Waals surface area contributed by atoms with Gasteiger partial charge in [-0.2, -0.15) is 0 Å². The molecule has 1 heterocycles. The van der Waals surface area contributed by atoms with E-state index in [0.29, 0.717) is 27.8 Å². The molecule has 2 N–H and O–H groups in total. The van der Waals surface area contributed by atoms with Crippen LogP contribution in [-0.2, 0) is 0 Å². The SMILES string of the molecule is CN(CCN1CCCC1)C(=O)c1cc(N)c(Cl)c(Cl)c1. The van der Waals surface area contributed by atoms with Crippen molar-refractivity contribution in [3.63, 3.8) is 0 Å². The van der Waals surface area contributed by atoms with E-state index in [1.807, 2.05) is 0 Å². The molecule has 1 amide bonds. The Labute approximate surface area is 129 Å². The van der Waals surface area contributed by atoms with Crippen LogP contribution in [0.15, 0.2) is 12.1 Å². The van der Waals surface area contributed by atoms with Crippen LogP contribution in [0, 0.1) is 0 Å². The minimum atomic E-state index is -0.0885. The predicted octanol–water partition coefficient (Wildman–Crippen LogP) is 2.74. The number of likely N-dealkylation sites (N-methyl/N-ethyl adjacent to an activating group) is 1. The van der Waals surface area contributed by atoms with Crippen molar-refractivity contribution in [1.29, 1.82) is 0 Å². The highest BCUT2D eigenvalue weighted by Crippen LogP contribution is 2.29. The normalized spacial score (nSPS) is 15.6. The first-order valence-corrected chi connectivity index (χ1v) is 7.47. The van der Waals surface area contributed by atoms with Gasteiger partial charge in [-0.3, -0.25) is 4.79 Å². The standard InChI is InChI=1S/C14H19Cl2N3O/c1-18(6-7-19-4-2-3-5-19)14(20)10-8-11(15)13(16)12(17)9-10/h8-9H,2-7,17H2,1H3. The average Bonchev–Trinajstić information content (AvgIpc) is 2.94. The topological polar surface area (TPSA) is 49.6 Å². The fourth-order valence-electron chi connectivity index (χ4n) is 2.35. The quantitative estimate of drug-likeness (QED) is 0.869. The van der Waals surface area contributed by atoms with Gasteiger partial charge in [-0.1, -0.05) is 23.2 Å². The number of nitrogens with zero attached hydrogens (tertiary/aromatic N) is 2. The summed E-state index contributed by atoms with van der Waals surface area (Å²) >= 11 is 11.9. The number of hydrogen-bond acceptors (Lipinski definition) is 3. The van der Waals surface area contributed by atoms with Crippen molar-refractivity contribution in [3.05, 3.63) is 27.7 Å². The summed E-state index contributed by atoms with van der Waals surface area (Å²) in [6.07, 6.45) is 2.50. The second-order valence-corrected chi connectivity index (χ2v) is 5.92. The van der Waals surface area contributed by atoms with E-state index < -0.39 is 0 Å². The van der Waals surface area contributed by atoms with Gasteiger partial charge in [0.05, 0.1) is 15.7 Å². The zero-order chi connectivity index (χ0) is 14.7. The van der Waals surface area contributed by atoms with Gasteiger partial charge in [0.15, 0.2) is 0 Å². The Kier molecular flexibility index (Phi) is 5.13. The summed E-state index contributed by atoms with van der Waals surface area (Å²) in [5.41, 5.74) is 6.54. The summed E-state index contributed by atoms with van der Waals surface area (Å²) in [5, 5.41) is 0.603. The fraction of sp³-hybridized carbons (Fsp3) is 0.500. The van der Waals surface area contributed by atoms with Crippen LogP contribution in [0.3, 0.4) is 0 Å². The summed E-state index contributed by atoms with van der Waals surface area (Å²) in [6, 6.07) is 3.14. The van der Waals surface area contributed by atoms with E-state index in [0.717, 1.165) is 19.6 Å². The molecule has 0 atom stereocenters. The van der Waals surface area contributed by atoms with Crippen LogP contribution < -0.4 is 5.73 Å². The van der Waals surface area contributed by atoms with Gasteiger partial charge >= 0.3 is 0 Å². The first kappa shape index (κ1) is 15.4. The third-order valence-electron chi connectivity index (χ3n) is 3.60. The highest BCUT2D eigenvalue weighted by atomic mass is 35.5. The molecule has 0 unspecified atom stereocenters. The zero-order valence-corrected chi connectivity index (χ0v) is 13.0. The first-order chi connectivity index (χ1) is 9.49. The van der Waals surface area contributed by atoms with Gasteiger partial charge in [-0.05, 0) is 38.1 Å². The maximum atomic E-state index is 12.3. The van der Waals surface area contributed by atoms with E-state index in [2.05, 4.69) is 4.90 Å². The average molecular weight is 316 g/mol. The number of nitrogens with two attached hydrogens (primary N) is 1. The Morgan fingerprint density at radius 1 is 1.35 bits per heavy atom. The number of halogens is 2. The lowest BCUT2D eigenvalue weighted by molar-refractivity contribution is 0.0782. The number of hydrogen-bond donors (Lipinski definition) is 1. The number of benzene rings is 1. The zero-order valence-electron chi connectivity index (χ0n) is 11.5. The number of amides is 1. The third-order valence-corrected chi connectivity index (χ3v) is 4.42. The van der Waals surface area contributed by atoms with Crippen LogP contribution in [0.5, 0.6) is 0 Å². The van der Waals surface area contributed by atoms with Crippen LogP contribution in [0.4, 0.5) is 5.69 Å². The second kappa shape index (κ2) is 6.66. The Morgan fingerprint density at radius 2 is 2.00 bits per heavy atom. The van der Waals surface area contributed by atoms with E-state index >= 15 is 0 Å². The number of rotatable bonds is 4. The molecule has 1 fully saturated rings. The van der Waals surface area contributed by atoms with Crippen molar-refractivity contribution >= 4 is 34.8 Å². The van der Waals surface area contributed by atoms with Crippen molar-refractivity contribution in [2.24, 2.45) is 0 Å². The largest absolute Gasteiger partial charge is 0.397 e. The molecule has 0 bridgehead atoms. The highest BCUT2D eigenvalue weighted by Gasteiger charge is 2.17. The molecule has 1 aliphatic heterocycles. The minimum absolute atomic E-state index is 0.0885. The lowest BCUT2D eigenvalue weighted by Gasteiger charge is -2.22. The Balaban J connectivity index is 1.99. The molecule has 2 rings (SSSR count). The maximum absolute atomic E-state index is 12.3. The first-order valence-electron chi connectivity index (χ1n) is 6.71. The van der Waals surface area contributed by atoms with Crippen LogP contribution in [0.1, 0.15) is 23.2 Å². The van der Waals surface area contributed by atoms with Crippen LogP contribution in [0.25, 0.3) is 0 Å². The number of carbonyl (C=O) groups excluding carboxylic acids is 1. The second-order valence-electron chi connectivity index (χ2n) is 5.14. The fourth-order valence-corrected chi connectivity index (χ4v) is 2.69. The van der Waals surface area contributed by atoms with Crippen molar-refractivity contribution in [3.8, 4) is 0 Å². The van der Waals surface area contributed by atoms with Gasteiger partial charge < -0.3 is 15.5 Å². The van der Waals surface area contributed by atoms with Gasteiger partial charge in [0.2, 0.25) is 0 Å². The summed E-state index contributed by atoms with van der Waals surface area (Å²) < 4.78 is 0. The van der Waals surface area contributed by atoms with Crippen molar-refractivity contribution in [1.82, 2.24) is 9.80 Å². The molecule has 1 saturated heterocycles. The van der Waals surface area contributed by atoms with Gasteiger partial charge in [-0.25, -0.2) is 0 Å². The summed E-state index contributed by atoms with van der Waals surface area (Å²) in [4.78, 5) is 16.4. The van der Waals surface area contributed by atoms with Crippen molar-refractivity contribution < 1.29 is 4.79 Å². The molecule has 110 valence electrons. The van der Waals surface area contributed by atoms with Crippen molar-refractivity contribution in [2.75, 3.05) is 39.0 Å². The molecule has 1 aromatic carbocycles. The maximum Gasteiger partial charge on any atom is 0.253 e. The van der Waals surface area contributed by atoms with E-state index in [9.17, 15) is 4.79 Å². The molecule has 4 nitrogen and oxygen atoms in total. The summed E-state index contributed by atoms with van der Waals surface area (Å²) in [6.45, 7) is 3.85.